The maximum absolute atomic E-state index is 12.9. The van der Waals surface area contributed by atoms with Gasteiger partial charge >= 0.3 is 5.97 Å². The van der Waals surface area contributed by atoms with Gasteiger partial charge in [-0.15, -0.1) is 0 Å². The number of carbonyl (C=O) groups is 2. The lowest BCUT2D eigenvalue weighted by atomic mass is 10.0. The highest BCUT2D eigenvalue weighted by molar-refractivity contribution is 7.89. The van der Waals surface area contributed by atoms with E-state index in [1.165, 1.54) is 29.4 Å². The average molecular weight is 495 g/mol. The molecule has 0 saturated carbocycles. The van der Waals surface area contributed by atoms with Crippen LogP contribution in [0.5, 0.6) is 0 Å². The van der Waals surface area contributed by atoms with E-state index in [0.29, 0.717) is 24.8 Å². The highest BCUT2D eigenvalue weighted by Gasteiger charge is 2.28. The predicted octanol–water partition coefficient (Wildman–Crippen LogP) is 3.67. The molecular weight excluding hydrogens is 468 g/mol. The van der Waals surface area contributed by atoms with Gasteiger partial charge in [0.05, 0.1) is 28.7 Å². The number of nitrogens with one attached hydrogen (secondary N) is 1. The molecule has 1 fully saturated rings. The summed E-state index contributed by atoms with van der Waals surface area (Å²) in [7, 11) is -3.82. The summed E-state index contributed by atoms with van der Waals surface area (Å²) in [5, 5.41) is 2.72. The van der Waals surface area contributed by atoms with Gasteiger partial charge in [-0.3, -0.25) is 4.79 Å². The van der Waals surface area contributed by atoms with E-state index < -0.39 is 28.0 Å². The monoisotopic (exact) mass is 494 g/mol. The van der Waals surface area contributed by atoms with Crippen molar-refractivity contribution >= 4 is 39.2 Å². The zero-order valence-electron chi connectivity index (χ0n) is 18.7. The maximum Gasteiger partial charge on any atom is 0.340 e. The molecule has 8 nitrogen and oxygen atoms in total. The Morgan fingerprint density at radius 3 is 2.30 bits per heavy atom. The van der Waals surface area contributed by atoms with Crippen molar-refractivity contribution in [3.05, 3.63) is 58.6 Å². The minimum absolute atomic E-state index is 0.0257. The van der Waals surface area contributed by atoms with Gasteiger partial charge in [0.15, 0.2) is 6.10 Å². The Bertz CT molecular complexity index is 1110. The number of hydrogen-bond donors (Lipinski definition) is 1. The van der Waals surface area contributed by atoms with Crippen molar-refractivity contribution in [1.29, 1.82) is 0 Å². The van der Waals surface area contributed by atoms with Gasteiger partial charge in [-0.2, -0.15) is 4.31 Å². The van der Waals surface area contributed by atoms with Crippen molar-refractivity contribution in [3.63, 3.8) is 0 Å². The average Bonchev–Trinajstić information content (AvgIpc) is 2.80. The minimum Gasteiger partial charge on any atom is -0.449 e. The number of ether oxygens (including phenoxy) is 2. The summed E-state index contributed by atoms with van der Waals surface area (Å²) in [4.78, 5) is 25.1. The quantitative estimate of drug-likeness (QED) is 0.589. The molecule has 0 spiro atoms. The molecule has 10 heteroatoms. The van der Waals surface area contributed by atoms with E-state index in [1.54, 1.807) is 12.1 Å². The van der Waals surface area contributed by atoms with Crippen molar-refractivity contribution in [2.45, 2.75) is 37.7 Å². The lowest BCUT2D eigenvalue weighted by Crippen LogP contribution is -2.40. The molecule has 1 aliphatic heterocycles. The van der Waals surface area contributed by atoms with Crippen LogP contribution in [0.3, 0.4) is 0 Å². The van der Waals surface area contributed by atoms with Crippen LogP contribution in [0.4, 0.5) is 5.69 Å². The molecule has 1 aliphatic rings. The largest absolute Gasteiger partial charge is 0.449 e. The SMILES string of the molecule is CC(OC(=O)c1cc(S(=O)(=O)N2CCOCC2)ccc1Cl)C(=O)Nc1ccc(C(C)C)cc1. The van der Waals surface area contributed by atoms with Gasteiger partial charge in [0.1, 0.15) is 0 Å². The van der Waals surface area contributed by atoms with Crippen LogP contribution in [-0.2, 0) is 24.3 Å². The van der Waals surface area contributed by atoms with Crippen molar-refractivity contribution < 1.29 is 27.5 Å². The second-order valence-corrected chi connectivity index (χ2v) is 10.3. The van der Waals surface area contributed by atoms with E-state index in [1.807, 2.05) is 12.1 Å². The fraction of sp³-hybridized carbons (Fsp3) is 0.391. The van der Waals surface area contributed by atoms with Crippen molar-refractivity contribution in [1.82, 2.24) is 4.31 Å². The summed E-state index contributed by atoms with van der Waals surface area (Å²) in [6.07, 6.45) is -1.13. The van der Waals surface area contributed by atoms with E-state index in [9.17, 15) is 18.0 Å². The molecule has 0 aliphatic carbocycles. The number of nitrogens with zero attached hydrogens (tertiary/aromatic N) is 1. The van der Waals surface area contributed by atoms with E-state index >= 15 is 0 Å². The molecule has 1 amide bonds. The van der Waals surface area contributed by atoms with Crippen LogP contribution in [0.1, 0.15) is 42.6 Å². The lowest BCUT2D eigenvalue weighted by Gasteiger charge is -2.26. The highest BCUT2D eigenvalue weighted by atomic mass is 35.5. The Balaban J connectivity index is 1.70. The molecule has 2 aromatic rings. The van der Waals surface area contributed by atoms with Gasteiger partial charge in [-0.1, -0.05) is 37.6 Å². The number of esters is 1. The van der Waals surface area contributed by atoms with Gasteiger partial charge in [0, 0.05) is 18.8 Å². The van der Waals surface area contributed by atoms with Crippen LogP contribution >= 0.6 is 11.6 Å². The predicted molar refractivity (Wildman–Crippen MR) is 125 cm³/mol. The van der Waals surface area contributed by atoms with Crippen molar-refractivity contribution in [2.24, 2.45) is 0 Å². The zero-order valence-corrected chi connectivity index (χ0v) is 20.3. The highest BCUT2D eigenvalue weighted by Crippen LogP contribution is 2.25. The summed E-state index contributed by atoms with van der Waals surface area (Å²) < 4.78 is 37.5. The number of benzene rings is 2. The van der Waals surface area contributed by atoms with E-state index in [-0.39, 0.29) is 28.6 Å². The molecule has 1 unspecified atom stereocenters. The summed E-state index contributed by atoms with van der Waals surface area (Å²) in [6, 6.07) is 11.2. The number of anilines is 1. The first-order valence-electron chi connectivity index (χ1n) is 10.6. The molecule has 1 saturated heterocycles. The van der Waals surface area contributed by atoms with Gasteiger partial charge in [0.25, 0.3) is 5.91 Å². The number of carbonyl (C=O) groups excluding carboxylic acids is 2. The number of morpholine rings is 1. The lowest BCUT2D eigenvalue weighted by molar-refractivity contribution is -0.123. The van der Waals surface area contributed by atoms with Crippen LogP contribution in [0, 0.1) is 0 Å². The Labute approximate surface area is 198 Å². The Kier molecular flexibility index (Phi) is 8.12. The van der Waals surface area contributed by atoms with E-state index in [2.05, 4.69) is 19.2 Å². The molecule has 2 aromatic carbocycles. The van der Waals surface area contributed by atoms with Crippen LogP contribution in [0.15, 0.2) is 47.4 Å². The van der Waals surface area contributed by atoms with Crippen LogP contribution in [-0.4, -0.2) is 57.0 Å². The van der Waals surface area contributed by atoms with Crippen molar-refractivity contribution in [3.8, 4) is 0 Å². The first kappa shape index (κ1) is 25.2. The maximum atomic E-state index is 12.9. The Morgan fingerprint density at radius 2 is 1.70 bits per heavy atom. The smallest absolute Gasteiger partial charge is 0.340 e. The van der Waals surface area contributed by atoms with Crippen molar-refractivity contribution in [2.75, 3.05) is 31.6 Å². The van der Waals surface area contributed by atoms with Gasteiger partial charge in [-0.25, -0.2) is 13.2 Å². The second kappa shape index (κ2) is 10.6. The first-order valence-corrected chi connectivity index (χ1v) is 12.4. The molecule has 178 valence electrons. The van der Waals surface area contributed by atoms with E-state index in [0.717, 1.165) is 5.56 Å². The van der Waals surface area contributed by atoms with Crippen LogP contribution in [0.2, 0.25) is 5.02 Å². The molecule has 1 heterocycles. The van der Waals surface area contributed by atoms with Gasteiger partial charge in [0.2, 0.25) is 10.0 Å². The zero-order chi connectivity index (χ0) is 24.2. The van der Waals surface area contributed by atoms with Crippen LogP contribution < -0.4 is 5.32 Å². The topological polar surface area (TPSA) is 102 Å². The third-order valence-electron chi connectivity index (χ3n) is 5.26. The molecule has 3 rings (SSSR count). The first-order chi connectivity index (χ1) is 15.6. The van der Waals surface area contributed by atoms with Gasteiger partial charge in [-0.05, 0) is 48.7 Å². The third kappa shape index (κ3) is 6.11. The number of amides is 1. The molecule has 0 radical (unpaired) electrons. The number of hydrogen-bond acceptors (Lipinski definition) is 6. The number of rotatable bonds is 7. The molecular formula is C23H27ClN2O6S. The fourth-order valence-electron chi connectivity index (χ4n) is 3.23. The van der Waals surface area contributed by atoms with Crippen LogP contribution in [0.25, 0.3) is 0 Å². The molecule has 0 aromatic heterocycles. The summed E-state index contributed by atoms with van der Waals surface area (Å²) in [5.74, 6) is -1.05. The summed E-state index contributed by atoms with van der Waals surface area (Å²) in [6.45, 7) is 6.62. The summed E-state index contributed by atoms with van der Waals surface area (Å²) >= 11 is 6.13. The van der Waals surface area contributed by atoms with Gasteiger partial charge < -0.3 is 14.8 Å². The summed E-state index contributed by atoms with van der Waals surface area (Å²) in [5.41, 5.74) is 1.57. The molecule has 33 heavy (non-hydrogen) atoms. The molecule has 1 atom stereocenters. The number of halogens is 1. The number of sulfonamides is 1. The minimum atomic E-state index is -3.82. The standard InChI is InChI=1S/C23H27ClN2O6S/c1-15(2)17-4-6-18(7-5-17)25-22(27)16(3)32-23(28)20-14-19(8-9-21(20)24)33(29,30)26-10-12-31-13-11-26/h4-9,14-16H,10-13H2,1-3H3,(H,25,27). The molecule has 0 bridgehead atoms. The van der Waals surface area contributed by atoms with E-state index in [4.69, 9.17) is 21.1 Å². The Morgan fingerprint density at radius 1 is 1.06 bits per heavy atom. The fourth-order valence-corrected chi connectivity index (χ4v) is 4.86. The second-order valence-electron chi connectivity index (χ2n) is 7.97. The molecule has 1 N–H and O–H groups in total. The normalized spacial score (nSPS) is 15.8. The Hall–Kier alpha value is -2.46. The third-order valence-corrected chi connectivity index (χ3v) is 7.49.